The van der Waals surface area contributed by atoms with Crippen LogP contribution in [0.4, 0.5) is 0 Å². The van der Waals surface area contributed by atoms with Gasteiger partial charge in [0.2, 0.25) is 0 Å². The molecule has 0 amide bonds. The molecule has 0 radical (unpaired) electrons. The third-order valence-corrected chi connectivity index (χ3v) is 2.04. The Kier molecular flexibility index (Phi) is 5.81. The third-order valence-electron chi connectivity index (χ3n) is 2.04. The minimum Gasteiger partial charge on any atom is -0.303 e. The highest BCUT2D eigenvalue weighted by Crippen LogP contribution is 2.14. The summed E-state index contributed by atoms with van der Waals surface area (Å²) in [5.74, 6) is 1.01. The largest absolute Gasteiger partial charge is 0.303 e. The van der Waals surface area contributed by atoms with Crippen LogP contribution in [-0.4, -0.2) is 6.29 Å². The monoisotopic (exact) mass is 154 g/mol. The van der Waals surface area contributed by atoms with E-state index in [9.17, 15) is 4.79 Å². The summed E-state index contributed by atoms with van der Waals surface area (Å²) in [5, 5.41) is 0. The Bertz CT molecular complexity index is 127. The molecule has 0 rings (SSSR count). The molecular formula is C10H18O. The van der Waals surface area contributed by atoms with E-state index in [2.05, 4.69) is 32.9 Å². The van der Waals surface area contributed by atoms with Crippen LogP contribution in [-0.2, 0) is 4.79 Å². The molecule has 0 unspecified atom stereocenters. The van der Waals surface area contributed by atoms with Crippen LogP contribution in [0, 0.1) is 11.8 Å². The lowest BCUT2D eigenvalue weighted by atomic mass is 9.93. The molecule has 0 spiro atoms. The summed E-state index contributed by atoms with van der Waals surface area (Å²) in [6.07, 6.45) is 7.11. The maximum Gasteiger partial charge on any atom is 0.120 e. The Morgan fingerprint density at radius 2 is 2.00 bits per heavy atom. The second-order valence-corrected chi connectivity index (χ2v) is 3.08. The fourth-order valence-electron chi connectivity index (χ4n) is 0.907. The van der Waals surface area contributed by atoms with E-state index in [1.165, 1.54) is 0 Å². The minimum absolute atomic E-state index is 0.482. The van der Waals surface area contributed by atoms with Crippen molar-refractivity contribution in [1.82, 2.24) is 0 Å². The number of hydrogen-bond acceptors (Lipinski definition) is 1. The van der Waals surface area contributed by atoms with Gasteiger partial charge in [-0.05, 0) is 18.3 Å². The van der Waals surface area contributed by atoms with E-state index < -0.39 is 0 Å². The SMILES string of the molecule is CC/C=C/[C@@H](C)[C@@H](C)CC=O. The summed E-state index contributed by atoms with van der Waals surface area (Å²) < 4.78 is 0. The Balaban J connectivity index is 3.71. The lowest BCUT2D eigenvalue weighted by molar-refractivity contribution is -0.108. The summed E-state index contributed by atoms with van der Waals surface area (Å²) >= 11 is 0. The van der Waals surface area contributed by atoms with Gasteiger partial charge in [-0.25, -0.2) is 0 Å². The first kappa shape index (κ1) is 10.4. The number of aldehydes is 1. The Morgan fingerprint density at radius 1 is 1.36 bits per heavy atom. The zero-order valence-corrected chi connectivity index (χ0v) is 7.71. The topological polar surface area (TPSA) is 17.1 Å². The molecule has 2 atom stereocenters. The van der Waals surface area contributed by atoms with Gasteiger partial charge in [-0.3, -0.25) is 0 Å². The minimum atomic E-state index is 0.482. The van der Waals surface area contributed by atoms with Gasteiger partial charge >= 0.3 is 0 Å². The highest BCUT2D eigenvalue weighted by atomic mass is 16.1. The van der Waals surface area contributed by atoms with Crippen LogP contribution < -0.4 is 0 Å². The number of hydrogen-bond donors (Lipinski definition) is 0. The first-order valence-electron chi connectivity index (χ1n) is 4.32. The van der Waals surface area contributed by atoms with Crippen molar-refractivity contribution in [2.75, 3.05) is 0 Å². The molecule has 1 nitrogen and oxygen atoms in total. The molecule has 0 heterocycles. The molecule has 0 aliphatic carbocycles. The van der Waals surface area contributed by atoms with Crippen molar-refractivity contribution in [3.63, 3.8) is 0 Å². The number of carbonyl (C=O) groups excluding carboxylic acids is 1. The van der Waals surface area contributed by atoms with Crippen LogP contribution in [0.5, 0.6) is 0 Å². The van der Waals surface area contributed by atoms with E-state index >= 15 is 0 Å². The van der Waals surface area contributed by atoms with Crippen molar-refractivity contribution < 1.29 is 4.79 Å². The summed E-state index contributed by atoms with van der Waals surface area (Å²) in [7, 11) is 0. The molecule has 0 bridgehead atoms. The van der Waals surface area contributed by atoms with Crippen LogP contribution in [0.25, 0.3) is 0 Å². The summed E-state index contributed by atoms with van der Waals surface area (Å²) in [6, 6.07) is 0. The second kappa shape index (κ2) is 6.14. The first-order valence-corrected chi connectivity index (χ1v) is 4.32. The highest BCUT2D eigenvalue weighted by Gasteiger charge is 2.06. The van der Waals surface area contributed by atoms with Crippen LogP contribution in [0.15, 0.2) is 12.2 Å². The summed E-state index contributed by atoms with van der Waals surface area (Å²) in [6.45, 7) is 6.38. The quantitative estimate of drug-likeness (QED) is 0.439. The summed E-state index contributed by atoms with van der Waals surface area (Å²) in [4.78, 5) is 10.2. The average Bonchev–Trinajstić information content (AvgIpc) is 2.00. The third kappa shape index (κ3) is 4.77. The van der Waals surface area contributed by atoms with Crippen LogP contribution in [0.2, 0.25) is 0 Å². The van der Waals surface area contributed by atoms with Gasteiger partial charge in [-0.2, -0.15) is 0 Å². The lowest BCUT2D eigenvalue weighted by Gasteiger charge is -2.12. The smallest absolute Gasteiger partial charge is 0.120 e. The second-order valence-electron chi connectivity index (χ2n) is 3.08. The van der Waals surface area contributed by atoms with Gasteiger partial charge in [0.15, 0.2) is 0 Å². The van der Waals surface area contributed by atoms with Gasteiger partial charge in [-0.15, -0.1) is 0 Å². The van der Waals surface area contributed by atoms with Gasteiger partial charge in [0, 0.05) is 6.42 Å². The fraction of sp³-hybridized carbons (Fsp3) is 0.700. The molecule has 0 aliphatic heterocycles. The summed E-state index contributed by atoms with van der Waals surface area (Å²) in [5.41, 5.74) is 0. The molecule has 0 aromatic rings. The van der Waals surface area contributed by atoms with E-state index in [0.717, 1.165) is 12.7 Å². The fourth-order valence-corrected chi connectivity index (χ4v) is 0.907. The van der Waals surface area contributed by atoms with Crippen molar-refractivity contribution in [2.45, 2.75) is 33.6 Å². The molecule has 11 heavy (non-hydrogen) atoms. The van der Waals surface area contributed by atoms with Crippen LogP contribution in [0.3, 0.4) is 0 Å². The molecule has 64 valence electrons. The molecule has 0 aromatic carbocycles. The molecule has 0 saturated carbocycles. The maximum absolute atomic E-state index is 10.2. The van der Waals surface area contributed by atoms with Crippen LogP contribution in [0.1, 0.15) is 33.6 Å². The standard InChI is InChI=1S/C10H18O/c1-4-5-6-9(2)10(3)7-8-11/h5-6,8-10H,4,7H2,1-3H3/b6-5+/t9-,10+/m1/s1. The zero-order chi connectivity index (χ0) is 8.69. The van der Waals surface area contributed by atoms with Gasteiger partial charge < -0.3 is 4.79 Å². The molecule has 0 aliphatic rings. The van der Waals surface area contributed by atoms with E-state index in [-0.39, 0.29) is 0 Å². The number of carbonyl (C=O) groups is 1. The van der Waals surface area contributed by atoms with Crippen LogP contribution >= 0.6 is 0 Å². The normalized spacial score (nSPS) is 16.6. The lowest BCUT2D eigenvalue weighted by Crippen LogP contribution is -2.05. The Hall–Kier alpha value is -0.590. The van der Waals surface area contributed by atoms with Gasteiger partial charge in [0.05, 0.1) is 0 Å². The maximum atomic E-state index is 10.2. The zero-order valence-electron chi connectivity index (χ0n) is 7.71. The molecule has 0 fully saturated rings. The number of allylic oxidation sites excluding steroid dienone is 2. The van der Waals surface area contributed by atoms with Gasteiger partial charge in [0.1, 0.15) is 6.29 Å². The first-order chi connectivity index (χ1) is 5.22. The predicted molar refractivity (Wildman–Crippen MR) is 48.4 cm³/mol. The molecular weight excluding hydrogens is 136 g/mol. The van der Waals surface area contributed by atoms with Crippen molar-refractivity contribution in [3.05, 3.63) is 12.2 Å². The van der Waals surface area contributed by atoms with Crippen molar-refractivity contribution in [1.29, 1.82) is 0 Å². The predicted octanol–water partition coefficient (Wildman–Crippen LogP) is 2.81. The van der Waals surface area contributed by atoms with E-state index in [1.807, 2.05) is 0 Å². The van der Waals surface area contributed by atoms with Crippen molar-refractivity contribution in [3.8, 4) is 0 Å². The van der Waals surface area contributed by atoms with E-state index in [1.54, 1.807) is 0 Å². The number of rotatable bonds is 5. The van der Waals surface area contributed by atoms with Crippen molar-refractivity contribution in [2.24, 2.45) is 11.8 Å². The molecule has 0 N–H and O–H groups in total. The molecule has 0 aromatic heterocycles. The average molecular weight is 154 g/mol. The molecule has 1 heteroatoms. The molecule has 0 saturated heterocycles. The highest BCUT2D eigenvalue weighted by molar-refractivity contribution is 5.49. The van der Waals surface area contributed by atoms with E-state index in [0.29, 0.717) is 18.3 Å². The Morgan fingerprint density at radius 3 is 2.45 bits per heavy atom. The van der Waals surface area contributed by atoms with Gasteiger partial charge in [-0.1, -0.05) is 32.9 Å². The van der Waals surface area contributed by atoms with E-state index in [4.69, 9.17) is 0 Å². The van der Waals surface area contributed by atoms with Gasteiger partial charge in [0.25, 0.3) is 0 Å². The Labute approximate surface area is 69.5 Å². The van der Waals surface area contributed by atoms with Crippen molar-refractivity contribution >= 4 is 6.29 Å².